The van der Waals surface area contributed by atoms with Crippen molar-refractivity contribution in [2.24, 2.45) is 4.99 Å². The van der Waals surface area contributed by atoms with E-state index in [0.717, 1.165) is 44.4 Å². The first kappa shape index (κ1) is 15.3. The maximum atomic E-state index is 11.4. The van der Waals surface area contributed by atoms with E-state index in [0.29, 0.717) is 6.54 Å². The normalized spacial score (nSPS) is 16.0. The third-order valence-corrected chi connectivity index (χ3v) is 3.48. The van der Waals surface area contributed by atoms with Gasteiger partial charge in [-0.05, 0) is 19.1 Å². The number of carbonyl (C=O) groups excluding carboxylic acids is 1. The molecule has 1 aromatic rings. The first-order chi connectivity index (χ1) is 10.2. The van der Waals surface area contributed by atoms with Crippen LogP contribution in [-0.2, 0) is 11.3 Å². The second-order valence-electron chi connectivity index (χ2n) is 4.98. The van der Waals surface area contributed by atoms with Gasteiger partial charge in [0.2, 0.25) is 5.91 Å². The van der Waals surface area contributed by atoms with Gasteiger partial charge < -0.3 is 15.1 Å². The molecule has 2 rings (SSSR count). The number of rotatable bonds is 3. The highest BCUT2D eigenvalue weighted by Gasteiger charge is 2.20. The molecule has 1 fully saturated rings. The van der Waals surface area contributed by atoms with Crippen molar-refractivity contribution in [2.75, 3.05) is 32.7 Å². The number of nitrogens with zero attached hydrogens (tertiary/aromatic N) is 4. The van der Waals surface area contributed by atoms with Crippen LogP contribution < -0.4 is 5.32 Å². The lowest BCUT2D eigenvalue weighted by atomic mass is 10.3. The molecule has 1 saturated heterocycles. The molecule has 114 valence electrons. The Kier molecular flexibility index (Phi) is 5.54. The van der Waals surface area contributed by atoms with E-state index in [4.69, 9.17) is 0 Å². The summed E-state index contributed by atoms with van der Waals surface area (Å²) in [6.45, 7) is 8.20. The average molecular weight is 289 g/mol. The van der Waals surface area contributed by atoms with Crippen LogP contribution in [0.3, 0.4) is 0 Å². The van der Waals surface area contributed by atoms with Crippen molar-refractivity contribution >= 4 is 11.9 Å². The molecule has 2 heterocycles. The molecule has 0 radical (unpaired) electrons. The molecule has 21 heavy (non-hydrogen) atoms. The van der Waals surface area contributed by atoms with Crippen LogP contribution in [0.1, 0.15) is 19.5 Å². The zero-order valence-electron chi connectivity index (χ0n) is 12.7. The summed E-state index contributed by atoms with van der Waals surface area (Å²) >= 11 is 0. The second kappa shape index (κ2) is 7.61. The second-order valence-corrected chi connectivity index (χ2v) is 4.98. The Hall–Kier alpha value is -2.11. The Balaban J connectivity index is 1.97. The van der Waals surface area contributed by atoms with E-state index >= 15 is 0 Å². The van der Waals surface area contributed by atoms with E-state index in [2.05, 4.69) is 27.1 Å². The maximum Gasteiger partial charge on any atom is 0.219 e. The van der Waals surface area contributed by atoms with Gasteiger partial charge in [0.25, 0.3) is 0 Å². The minimum absolute atomic E-state index is 0.144. The van der Waals surface area contributed by atoms with Crippen LogP contribution in [0.5, 0.6) is 0 Å². The van der Waals surface area contributed by atoms with Crippen molar-refractivity contribution in [1.82, 2.24) is 20.1 Å². The number of guanidine groups is 1. The summed E-state index contributed by atoms with van der Waals surface area (Å²) < 4.78 is 0. The van der Waals surface area contributed by atoms with Crippen molar-refractivity contribution < 1.29 is 4.79 Å². The van der Waals surface area contributed by atoms with Gasteiger partial charge in [0.1, 0.15) is 0 Å². The van der Waals surface area contributed by atoms with Crippen molar-refractivity contribution in [2.45, 2.75) is 20.4 Å². The number of aliphatic imine (C=N–C) groups is 1. The number of amides is 1. The zero-order chi connectivity index (χ0) is 15.1. The smallest absolute Gasteiger partial charge is 0.219 e. The molecule has 0 unspecified atom stereocenters. The highest BCUT2D eigenvalue weighted by Crippen LogP contribution is 2.04. The Morgan fingerprint density at radius 3 is 2.57 bits per heavy atom. The van der Waals surface area contributed by atoms with Crippen molar-refractivity contribution in [3.05, 3.63) is 30.1 Å². The number of hydrogen-bond donors (Lipinski definition) is 1. The molecule has 0 aliphatic carbocycles. The van der Waals surface area contributed by atoms with Crippen LogP contribution in [0.2, 0.25) is 0 Å². The predicted molar refractivity (Wildman–Crippen MR) is 82.9 cm³/mol. The summed E-state index contributed by atoms with van der Waals surface area (Å²) in [6.07, 6.45) is 1.78. The lowest BCUT2D eigenvalue weighted by Crippen LogP contribution is -2.53. The third-order valence-electron chi connectivity index (χ3n) is 3.48. The van der Waals surface area contributed by atoms with E-state index in [9.17, 15) is 4.79 Å². The van der Waals surface area contributed by atoms with Gasteiger partial charge in [-0.3, -0.25) is 9.78 Å². The molecule has 0 bridgehead atoms. The number of aromatic nitrogens is 1. The van der Waals surface area contributed by atoms with E-state index in [-0.39, 0.29) is 5.91 Å². The van der Waals surface area contributed by atoms with Gasteiger partial charge in [0, 0.05) is 45.8 Å². The lowest BCUT2D eigenvalue weighted by Gasteiger charge is -2.36. The number of carbonyl (C=O) groups is 1. The molecule has 1 N–H and O–H groups in total. The van der Waals surface area contributed by atoms with E-state index in [1.807, 2.05) is 23.1 Å². The molecule has 6 heteroatoms. The third kappa shape index (κ3) is 4.44. The Morgan fingerprint density at radius 1 is 1.29 bits per heavy atom. The standard InChI is InChI=1S/C15H23N5O/c1-3-16-15(18-12-14-6-4-5-7-17-14)20-10-8-19(9-11-20)13(2)21/h4-7H,3,8-12H2,1-2H3,(H,16,18). The molecule has 0 saturated carbocycles. The number of piperazine rings is 1. The van der Waals surface area contributed by atoms with Gasteiger partial charge in [0.15, 0.2) is 5.96 Å². The molecule has 1 aliphatic rings. The van der Waals surface area contributed by atoms with Crippen LogP contribution in [0.25, 0.3) is 0 Å². The summed E-state index contributed by atoms with van der Waals surface area (Å²) in [5.41, 5.74) is 0.954. The van der Waals surface area contributed by atoms with Gasteiger partial charge >= 0.3 is 0 Å². The average Bonchev–Trinajstić information content (AvgIpc) is 2.52. The summed E-state index contributed by atoms with van der Waals surface area (Å²) in [5, 5.41) is 3.31. The minimum Gasteiger partial charge on any atom is -0.357 e. The Bertz CT molecular complexity index is 480. The molecule has 0 atom stereocenters. The fourth-order valence-electron chi connectivity index (χ4n) is 2.31. The molecule has 0 spiro atoms. The monoisotopic (exact) mass is 289 g/mol. The first-order valence-corrected chi connectivity index (χ1v) is 7.39. The van der Waals surface area contributed by atoms with Crippen LogP contribution in [0.4, 0.5) is 0 Å². The molecule has 6 nitrogen and oxygen atoms in total. The van der Waals surface area contributed by atoms with Crippen molar-refractivity contribution in [3.8, 4) is 0 Å². The largest absolute Gasteiger partial charge is 0.357 e. The minimum atomic E-state index is 0.144. The summed E-state index contributed by atoms with van der Waals surface area (Å²) in [7, 11) is 0. The Labute approximate surface area is 125 Å². The summed E-state index contributed by atoms with van der Waals surface area (Å²) in [6, 6.07) is 5.84. The van der Waals surface area contributed by atoms with Gasteiger partial charge in [-0.25, -0.2) is 4.99 Å². The molecule has 1 amide bonds. The van der Waals surface area contributed by atoms with Crippen molar-refractivity contribution in [1.29, 1.82) is 0 Å². The molecule has 0 aromatic carbocycles. The van der Waals surface area contributed by atoms with Crippen molar-refractivity contribution in [3.63, 3.8) is 0 Å². The topological polar surface area (TPSA) is 60.8 Å². The van der Waals surface area contributed by atoms with E-state index < -0.39 is 0 Å². The van der Waals surface area contributed by atoms with E-state index in [1.54, 1.807) is 13.1 Å². The zero-order valence-corrected chi connectivity index (χ0v) is 12.7. The quantitative estimate of drug-likeness (QED) is 0.658. The van der Waals surface area contributed by atoms with Gasteiger partial charge in [-0.15, -0.1) is 0 Å². The van der Waals surface area contributed by atoms with Crippen LogP contribution in [-0.4, -0.2) is 59.4 Å². The number of pyridine rings is 1. The van der Waals surface area contributed by atoms with Gasteiger partial charge in [-0.2, -0.15) is 0 Å². The Morgan fingerprint density at radius 2 is 2.00 bits per heavy atom. The van der Waals surface area contributed by atoms with E-state index in [1.165, 1.54) is 0 Å². The molecule has 1 aromatic heterocycles. The SMILES string of the molecule is CCNC(=NCc1ccccn1)N1CCN(C(C)=O)CC1. The highest BCUT2D eigenvalue weighted by atomic mass is 16.2. The highest BCUT2D eigenvalue weighted by molar-refractivity contribution is 5.80. The lowest BCUT2D eigenvalue weighted by molar-refractivity contribution is -0.130. The fourth-order valence-corrected chi connectivity index (χ4v) is 2.31. The number of hydrogen-bond acceptors (Lipinski definition) is 3. The number of nitrogens with one attached hydrogen (secondary N) is 1. The predicted octanol–water partition coefficient (Wildman–Crippen LogP) is 0.711. The fraction of sp³-hybridized carbons (Fsp3) is 0.533. The van der Waals surface area contributed by atoms with Crippen LogP contribution >= 0.6 is 0 Å². The summed E-state index contributed by atoms with van der Waals surface area (Å²) in [4.78, 5) is 24.4. The summed E-state index contributed by atoms with van der Waals surface area (Å²) in [5.74, 6) is 1.04. The van der Waals surface area contributed by atoms with Gasteiger partial charge in [0.05, 0.1) is 12.2 Å². The van der Waals surface area contributed by atoms with Gasteiger partial charge in [-0.1, -0.05) is 6.07 Å². The van der Waals surface area contributed by atoms with Crippen LogP contribution in [0.15, 0.2) is 29.4 Å². The molecule has 1 aliphatic heterocycles. The maximum absolute atomic E-state index is 11.4. The first-order valence-electron chi connectivity index (χ1n) is 7.39. The van der Waals surface area contributed by atoms with Crippen LogP contribution in [0, 0.1) is 0 Å². The molecular formula is C15H23N5O. The molecular weight excluding hydrogens is 266 g/mol.